The largest absolute Gasteiger partial charge is 0.433 e. The van der Waals surface area contributed by atoms with Crippen molar-refractivity contribution in [2.45, 2.75) is 18.5 Å². The summed E-state index contributed by atoms with van der Waals surface area (Å²) in [7, 11) is 0. The van der Waals surface area contributed by atoms with E-state index in [0.29, 0.717) is 12.5 Å². The highest BCUT2D eigenvalue weighted by Gasteiger charge is 2.32. The Morgan fingerprint density at radius 1 is 1.17 bits per heavy atom. The summed E-state index contributed by atoms with van der Waals surface area (Å²) in [6, 6.07) is 11.3. The van der Waals surface area contributed by atoms with Crippen LogP contribution >= 0.6 is 0 Å². The first-order valence-electron chi connectivity index (χ1n) is 7.94. The highest BCUT2D eigenvalue weighted by Crippen LogP contribution is 2.28. The fourth-order valence-corrected chi connectivity index (χ4v) is 2.96. The lowest BCUT2D eigenvalue weighted by atomic mass is 9.99. The second kappa shape index (κ2) is 7.17. The molecule has 128 valence electrons. The lowest BCUT2D eigenvalue weighted by molar-refractivity contribution is -0.141. The van der Waals surface area contributed by atoms with Crippen molar-refractivity contribution in [3.05, 3.63) is 53.9 Å². The first-order chi connectivity index (χ1) is 11.5. The maximum atomic E-state index is 12.6. The fourth-order valence-electron chi connectivity index (χ4n) is 2.96. The van der Waals surface area contributed by atoms with Gasteiger partial charge in [0.05, 0.1) is 0 Å². The maximum absolute atomic E-state index is 12.6. The Balaban J connectivity index is 1.48. The molecule has 0 amide bonds. The maximum Gasteiger partial charge on any atom is 0.433 e. The molecule has 4 nitrogen and oxygen atoms in total. The van der Waals surface area contributed by atoms with Crippen LogP contribution in [0.2, 0.25) is 0 Å². The number of aromatic nitrogens is 2. The Morgan fingerprint density at radius 3 is 2.71 bits per heavy atom. The van der Waals surface area contributed by atoms with Crippen molar-refractivity contribution < 1.29 is 13.2 Å². The highest BCUT2D eigenvalue weighted by atomic mass is 19.4. The van der Waals surface area contributed by atoms with E-state index in [9.17, 15) is 13.2 Å². The van der Waals surface area contributed by atoms with Crippen LogP contribution in [0.4, 0.5) is 19.1 Å². The van der Waals surface area contributed by atoms with Crippen LogP contribution in [-0.4, -0.2) is 41.0 Å². The summed E-state index contributed by atoms with van der Waals surface area (Å²) in [6.07, 6.45) is -2.22. The van der Waals surface area contributed by atoms with E-state index in [4.69, 9.17) is 0 Å². The van der Waals surface area contributed by atoms with Crippen LogP contribution in [0.15, 0.2) is 42.6 Å². The van der Waals surface area contributed by atoms with Gasteiger partial charge in [-0.1, -0.05) is 30.3 Å². The summed E-state index contributed by atoms with van der Waals surface area (Å²) < 4.78 is 37.8. The van der Waals surface area contributed by atoms with E-state index in [1.807, 2.05) is 18.2 Å². The number of hydrogen-bond donors (Lipinski definition) is 1. The van der Waals surface area contributed by atoms with Crippen LogP contribution < -0.4 is 5.32 Å². The van der Waals surface area contributed by atoms with E-state index < -0.39 is 11.9 Å². The summed E-state index contributed by atoms with van der Waals surface area (Å²) in [5, 5.41) is 2.87. The van der Waals surface area contributed by atoms with Gasteiger partial charge in [-0.15, -0.1) is 0 Å². The van der Waals surface area contributed by atoms with Crippen LogP contribution in [0.3, 0.4) is 0 Å². The van der Waals surface area contributed by atoms with Gasteiger partial charge >= 0.3 is 6.18 Å². The van der Waals surface area contributed by atoms with Crippen molar-refractivity contribution in [3.8, 4) is 0 Å². The van der Waals surface area contributed by atoms with Crippen LogP contribution in [0, 0.1) is 0 Å². The zero-order chi connectivity index (χ0) is 17.0. The number of nitrogens with one attached hydrogen (secondary N) is 1. The first-order valence-corrected chi connectivity index (χ1v) is 7.94. The fraction of sp³-hybridized carbons (Fsp3) is 0.412. The third kappa shape index (κ3) is 4.23. The van der Waals surface area contributed by atoms with Crippen molar-refractivity contribution in [2.24, 2.45) is 0 Å². The van der Waals surface area contributed by atoms with Gasteiger partial charge in [-0.2, -0.15) is 13.2 Å². The predicted molar refractivity (Wildman–Crippen MR) is 85.8 cm³/mol. The summed E-state index contributed by atoms with van der Waals surface area (Å²) in [5.74, 6) is 0.541. The summed E-state index contributed by atoms with van der Waals surface area (Å²) >= 11 is 0. The van der Waals surface area contributed by atoms with Gasteiger partial charge in [-0.05, 0) is 30.5 Å². The topological polar surface area (TPSA) is 41.1 Å². The van der Waals surface area contributed by atoms with Gasteiger partial charge in [0, 0.05) is 25.8 Å². The van der Waals surface area contributed by atoms with Gasteiger partial charge in [-0.25, -0.2) is 9.97 Å². The molecule has 24 heavy (non-hydrogen) atoms. The van der Waals surface area contributed by atoms with Crippen molar-refractivity contribution in [3.63, 3.8) is 0 Å². The molecule has 1 atom stereocenters. The van der Waals surface area contributed by atoms with Crippen LogP contribution in [0.25, 0.3) is 0 Å². The number of benzene rings is 1. The Kier molecular flexibility index (Phi) is 4.99. The third-order valence-corrected chi connectivity index (χ3v) is 4.20. The van der Waals surface area contributed by atoms with Crippen molar-refractivity contribution in [1.29, 1.82) is 0 Å². The summed E-state index contributed by atoms with van der Waals surface area (Å²) in [5.41, 5.74) is 0.416. The summed E-state index contributed by atoms with van der Waals surface area (Å²) in [4.78, 5) is 9.65. The number of anilines is 1. The van der Waals surface area contributed by atoms with Crippen molar-refractivity contribution >= 4 is 5.95 Å². The molecule has 1 aromatic carbocycles. The first kappa shape index (κ1) is 16.7. The molecular weight excluding hydrogens is 317 g/mol. The molecular formula is C17H19F3N4. The van der Waals surface area contributed by atoms with Gasteiger partial charge < -0.3 is 10.2 Å². The zero-order valence-electron chi connectivity index (χ0n) is 13.1. The molecule has 1 aromatic heterocycles. The lowest BCUT2D eigenvalue weighted by Crippen LogP contribution is -2.27. The molecule has 1 unspecified atom stereocenters. The molecule has 0 aliphatic carbocycles. The summed E-state index contributed by atoms with van der Waals surface area (Å²) in [6.45, 7) is 3.23. The van der Waals surface area contributed by atoms with Gasteiger partial charge in [-0.3, -0.25) is 0 Å². The highest BCUT2D eigenvalue weighted by molar-refractivity contribution is 5.26. The van der Waals surface area contributed by atoms with Crippen molar-refractivity contribution in [2.75, 3.05) is 31.5 Å². The number of alkyl halides is 3. The van der Waals surface area contributed by atoms with Gasteiger partial charge in [0.1, 0.15) is 5.69 Å². The van der Waals surface area contributed by atoms with Crippen molar-refractivity contribution in [1.82, 2.24) is 14.9 Å². The van der Waals surface area contributed by atoms with E-state index in [1.54, 1.807) is 0 Å². The minimum absolute atomic E-state index is 0.0173. The number of rotatable bonds is 5. The zero-order valence-corrected chi connectivity index (χ0v) is 13.1. The molecule has 1 aliphatic rings. The molecule has 1 N–H and O–H groups in total. The number of nitrogens with zero attached hydrogens (tertiary/aromatic N) is 3. The van der Waals surface area contributed by atoms with Crippen LogP contribution in [-0.2, 0) is 6.18 Å². The molecule has 2 heterocycles. The molecule has 1 saturated heterocycles. The molecule has 0 radical (unpaired) electrons. The monoisotopic (exact) mass is 336 g/mol. The van der Waals surface area contributed by atoms with E-state index in [-0.39, 0.29) is 5.95 Å². The second-order valence-corrected chi connectivity index (χ2v) is 5.89. The molecule has 0 bridgehead atoms. The van der Waals surface area contributed by atoms with Crippen LogP contribution in [0.1, 0.15) is 23.6 Å². The SMILES string of the molecule is FC(F)(F)c1ccnc(NCCN2CCC(c3ccccc3)C2)n1. The Hall–Kier alpha value is -2.15. The van der Waals surface area contributed by atoms with Gasteiger partial charge in [0.2, 0.25) is 5.95 Å². The Bertz CT molecular complexity index is 660. The van der Waals surface area contributed by atoms with Crippen LogP contribution in [0.5, 0.6) is 0 Å². The van der Waals surface area contributed by atoms with E-state index >= 15 is 0 Å². The minimum Gasteiger partial charge on any atom is -0.353 e. The average molecular weight is 336 g/mol. The Labute approximate surface area is 138 Å². The number of likely N-dealkylation sites (tertiary alicyclic amines) is 1. The number of halogens is 3. The molecule has 1 aliphatic heterocycles. The second-order valence-electron chi connectivity index (χ2n) is 5.89. The molecule has 7 heteroatoms. The average Bonchev–Trinajstić information content (AvgIpc) is 3.04. The normalized spacial score (nSPS) is 18.7. The van der Waals surface area contributed by atoms with Gasteiger partial charge in [0.25, 0.3) is 0 Å². The molecule has 0 saturated carbocycles. The molecule has 2 aromatic rings. The number of hydrogen-bond acceptors (Lipinski definition) is 4. The molecule has 3 rings (SSSR count). The predicted octanol–water partition coefficient (Wildman–Crippen LogP) is 3.40. The third-order valence-electron chi connectivity index (χ3n) is 4.20. The smallest absolute Gasteiger partial charge is 0.353 e. The molecule has 0 spiro atoms. The lowest BCUT2D eigenvalue weighted by Gasteiger charge is -2.16. The van der Waals surface area contributed by atoms with E-state index in [2.05, 4.69) is 32.3 Å². The standard InChI is InChI=1S/C17H19F3N4/c18-17(19,20)15-6-8-21-16(23-15)22-9-11-24-10-7-14(12-24)13-4-2-1-3-5-13/h1-6,8,14H,7,9-12H2,(H,21,22,23). The quantitative estimate of drug-likeness (QED) is 0.909. The van der Waals surface area contributed by atoms with E-state index in [0.717, 1.165) is 38.3 Å². The molecule has 1 fully saturated rings. The van der Waals surface area contributed by atoms with Gasteiger partial charge in [0.15, 0.2) is 0 Å². The van der Waals surface area contributed by atoms with E-state index in [1.165, 1.54) is 5.56 Å². The Morgan fingerprint density at radius 2 is 1.96 bits per heavy atom. The minimum atomic E-state index is -4.45.